The van der Waals surface area contributed by atoms with Crippen LogP contribution in [0.5, 0.6) is 0 Å². The van der Waals surface area contributed by atoms with E-state index in [-0.39, 0.29) is 19.4 Å². The molecule has 6 atom stereocenters. The lowest BCUT2D eigenvalue weighted by molar-refractivity contribution is -0.228. The molecule has 11 nitrogen and oxygen atoms in total. The number of nitrogens with zero attached hydrogens (tertiary/aromatic N) is 1. The van der Waals surface area contributed by atoms with E-state index in [2.05, 4.69) is 16.1 Å². The third-order valence-electron chi connectivity index (χ3n) is 5.55. The molecule has 0 saturated carbocycles. The van der Waals surface area contributed by atoms with Crippen LogP contribution in [0.3, 0.4) is 0 Å². The molecule has 3 rings (SSSR count). The Morgan fingerprint density at radius 2 is 1.81 bits per heavy atom. The molecule has 31 heavy (non-hydrogen) atoms. The van der Waals surface area contributed by atoms with E-state index in [1.165, 1.54) is 14.2 Å². The van der Waals surface area contributed by atoms with Crippen molar-refractivity contribution in [2.75, 3.05) is 20.8 Å². The highest BCUT2D eigenvalue weighted by molar-refractivity contribution is 5.77. The van der Waals surface area contributed by atoms with E-state index in [0.717, 1.165) is 0 Å². The van der Waals surface area contributed by atoms with Crippen LogP contribution in [0.1, 0.15) is 40.5 Å². The highest BCUT2D eigenvalue weighted by Crippen LogP contribution is 2.46. The fraction of sp³-hybridized carbons (Fsp3) is 0.850. The number of carbonyl (C=O) groups excluding carboxylic acids is 2. The lowest BCUT2D eigenvalue weighted by Gasteiger charge is -2.37. The molecule has 3 aliphatic rings. The molecule has 0 bridgehead atoms. The topological polar surface area (TPSA) is 135 Å². The molecule has 3 saturated heterocycles. The molecule has 0 aliphatic carbocycles. The fourth-order valence-electron chi connectivity index (χ4n) is 4.16. The summed E-state index contributed by atoms with van der Waals surface area (Å²) in [6, 6.07) is 1.25. The van der Waals surface area contributed by atoms with Crippen LogP contribution >= 0.6 is 0 Å². The highest BCUT2D eigenvalue weighted by Gasteiger charge is 2.68. The number of carbonyl (C=O) groups is 2. The van der Waals surface area contributed by atoms with Crippen molar-refractivity contribution in [2.24, 2.45) is 0 Å². The third kappa shape index (κ3) is 4.69. The summed E-state index contributed by atoms with van der Waals surface area (Å²) in [5.74, 6) is -2.98. The molecule has 11 heteroatoms. The average Bonchev–Trinajstić information content (AvgIpc) is 3.32. The van der Waals surface area contributed by atoms with Crippen molar-refractivity contribution in [2.45, 2.75) is 88.3 Å². The molecule has 1 N–H and O–H groups in total. The summed E-state index contributed by atoms with van der Waals surface area (Å²) in [7, 11) is 2.49. The van der Waals surface area contributed by atoms with Gasteiger partial charge >= 0.3 is 11.9 Å². The number of hydrogen-bond donors (Lipinski definition) is 1. The van der Waals surface area contributed by atoms with Crippen molar-refractivity contribution < 1.29 is 42.7 Å². The molecule has 0 radical (unpaired) electrons. The molecule has 0 spiro atoms. The minimum Gasteiger partial charge on any atom is -0.469 e. The van der Waals surface area contributed by atoms with Crippen LogP contribution in [-0.2, 0) is 42.7 Å². The van der Waals surface area contributed by atoms with E-state index in [1.54, 1.807) is 27.7 Å². The predicted molar refractivity (Wildman–Crippen MR) is 102 cm³/mol. The monoisotopic (exact) mass is 442 g/mol. The molecule has 0 aromatic heterocycles. The van der Waals surface area contributed by atoms with Crippen molar-refractivity contribution in [3.63, 3.8) is 0 Å². The zero-order chi connectivity index (χ0) is 23.0. The summed E-state index contributed by atoms with van der Waals surface area (Å²) in [5, 5.41) is 13.4. The second-order valence-corrected chi connectivity index (χ2v) is 8.66. The van der Waals surface area contributed by atoms with Gasteiger partial charge in [-0.25, -0.2) is 0 Å². The number of nitriles is 1. The number of fused-ring (bicyclic) bond motifs is 1. The Hall–Kier alpha value is -1.81. The zero-order valence-corrected chi connectivity index (χ0v) is 18.6. The zero-order valence-electron chi connectivity index (χ0n) is 18.6. The van der Waals surface area contributed by atoms with Crippen LogP contribution in [0.2, 0.25) is 0 Å². The van der Waals surface area contributed by atoms with Crippen molar-refractivity contribution in [1.29, 1.82) is 5.26 Å². The van der Waals surface area contributed by atoms with Gasteiger partial charge in [-0.1, -0.05) is 0 Å². The first kappa shape index (κ1) is 23.8. The molecule has 3 aliphatic heterocycles. The van der Waals surface area contributed by atoms with E-state index in [0.29, 0.717) is 0 Å². The van der Waals surface area contributed by atoms with Crippen molar-refractivity contribution in [3.8, 4) is 6.07 Å². The van der Waals surface area contributed by atoms with E-state index in [9.17, 15) is 14.9 Å². The Labute approximate surface area is 181 Å². The number of ether oxygens (including phenoxy) is 7. The molecule has 3 heterocycles. The first-order valence-corrected chi connectivity index (χ1v) is 10.1. The second kappa shape index (κ2) is 8.61. The van der Waals surface area contributed by atoms with Crippen LogP contribution in [0.25, 0.3) is 0 Å². The maximum atomic E-state index is 12.5. The lowest BCUT2D eigenvalue weighted by atomic mass is 9.85. The van der Waals surface area contributed by atoms with E-state index >= 15 is 0 Å². The van der Waals surface area contributed by atoms with Gasteiger partial charge in [0.05, 0.1) is 26.9 Å². The van der Waals surface area contributed by atoms with Crippen LogP contribution in [0.15, 0.2) is 0 Å². The Balaban J connectivity index is 1.93. The first-order valence-electron chi connectivity index (χ1n) is 10.1. The van der Waals surface area contributed by atoms with Gasteiger partial charge < -0.3 is 33.2 Å². The Morgan fingerprint density at radius 3 is 2.35 bits per heavy atom. The fourth-order valence-corrected chi connectivity index (χ4v) is 4.16. The Bertz CT molecular complexity index is 749. The van der Waals surface area contributed by atoms with Gasteiger partial charge in [-0.15, -0.1) is 0 Å². The van der Waals surface area contributed by atoms with Gasteiger partial charge in [0.1, 0.15) is 24.4 Å². The SMILES string of the molecule is COC(=O)CC[C@H](N[C@]1(C#N)[C@@H]([C@H]2COC(C)(C)O2)O[C@@H]2OC(C)(C)O[C@@H]21)C(=O)OC. The van der Waals surface area contributed by atoms with Gasteiger partial charge in [0.2, 0.25) is 0 Å². The molecular weight excluding hydrogens is 412 g/mol. The molecular formula is C20H30N2O9. The van der Waals surface area contributed by atoms with Gasteiger partial charge in [0.25, 0.3) is 0 Å². The maximum absolute atomic E-state index is 12.5. The minimum absolute atomic E-state index is 0.0463. The van der Waals surface area contributed by atoms with Crippen LogP contribution in [0, 0.1) is 11.3 Å². The van der Waals surface area contributed by atoms with E-state index in [4.69, 9.17) is 28.4 Å². The van der Waals surface area contributed by atoms with E-state index < -0.39 is 59.7 Å². The van der Waals surface area contributed by atoms with Crippen molar-refractivity contribution >= 4 is 11.9 Å². The normalized spacial score (nSPS) is 36.4. The van der Waals surface area contributed by atoms with Crippen molar-refractivity contribution in [1.82, 2.24) is 5.32 Å². The summed E-state index contributed by atoms with van der Waals surface area (Å²) >= 11 is 0. The van der Waals surface area contributed by atoms with Gasteiger partial charge in [-0.05, 0) is 34.1 Å². The maximum Gasteiger partial charge on any atom is 0.322 e. The first-order chi connectivity index (χ1) is 14.5. The number of nitrogens with one attached hydrogen (secondary N) is 1. The van der Waals surface area contributed by atoms with Crippen molar-refractivity contribution in [3.05, 3.63) is 0 Å². The molecule has 0 unspecified atom stereocenters. The lowest BCUT2D eigenvalue weighted by Crippen LogP contribution is -2.65. The number of rotatable bonds is 7. The third-order valence-corrected chi connectivity index (χ3v) is 5.55. The molecule has 3 fully saturated rings. The van der Waals surface area contributed by atoms with E-state index in [1.807, 2.05) is 0 Å². The summed E-state index contributed by atoms with van der Waals surface area (Å²) in [6.45, 7) is 7.11. The molecule has 174 valence electrons. The molecule has 0 aromatic carbocycles. The summed E-state index contributed by atoms with van der Waals surface area (Å²) in [6.07, 6.45) is -3.24. The summed E-state index contributed by atoms with van der Waals surface area (Å²) in [4.78, 5) is 24.1. The summed E-state index contributed by atoms with van der Waals surface area (Å²) < 4.78 is 39.1. The average molecular weight is 442 g/mol. The van der Waals surface area contributed by atoms with Gasteiger partial charge in [-0.3, -0.25) is 14.9 Å². The predicted octanol–water partition coefficient (Wildman–Crippen LogP) is 0.361. The quantitative estimate of drug-likeness (QED) is 0.548. The minimum atomic E-state index is -1.54. The largest absolute Gasteiger partial charge is 0.469 e. The Kier molecular flexibility index (Phi) is 6.63. The van der Waals surface area contributed by atoms with Gasteiger partial charge in [-0.2, -0.15) is 5.26 Å². The standard InChI is InChI=1S/C20H30N2O9/c1-18(2)27-9-12(29-18)14-20(10-21,15-17(28-14)31-19(3,4)30-15)22-11(16(24)26-6)7-8-13(23)25-5/h11-12,14-15,17,22H,7-9H2,1-6H3/t11-,12+,14+,15-,17+,20+/m0/s1. The van der Waals surface area contributed by atoms with Crippen LogP contribution < -0.4 is 5.32 Å². The molecule has 0 aromatic rings. The second-order valence-electron chi connectivity index (χ2n) is 8.66. The number of methoxy groups -OCH3 is 2. The van der Waals surface area contributed by atoms with Gasteiger partial charge in [0.15, 0.2) is 23.4 Å². The van der Waals surface area contributed by atoms with Crippen LogP contribution in [0.4, 0.5) is 0 Å². The number of hydrogen-bond acceptors (Lipinski definition) is 11. The number of esters is 2. The Morgan fingerprint density at radius 1 is 1.10 bits per heavy atom. The highest BCUT2D eigenvalue weighted by atomic mass is 16.8. The summed E-state index contributed by atoms with van der Waals surface area (Å²) in [5.41, 5.74) is -1.54. The molecule has 0 amide bonds. The smallest absolute Gasteiger partial charge is 0.322 e. The van der Waals surface area contributed by atoms with Crippen LogP contribution in [-0.4, -0.2) is 80.5 Å². The van der Waals surface area contributed by atoms with Gasteiger partial charge in [0, 0.05) is 6.42 Å².